The van der Waals surface area contributed by atoms with Crippen LogP contribution in [0.25, 0.3) is 10.6 Å². The maximum Gasteiger partial charge on any atom is 0.245 e. The minimum Gasteiger partial charge on any atom is -0.491 e. The van der Waals surface area contributed by atoms with E-state index in [0.717, 1.165) is 11.3 Å². The summed E-state index contributed by atoms with van der Waals surface area (Å²) in [5, 5.41) is 13.5. The van der Waals surface area contributed by atoms with Crippen molar-refractivity contribution in [3.63, 3.8) is 0 Å². The van der Waals surface area contributed by atoms with Crippen LogP contribution in [0.4, 0.5) is 0 Å². The van der Waals surface area contributed by atoms with E-state index in [4.69, 9.17) is 10.00 Å². The van der Waals surface area contributed by atoms with E-state index in [-0.39, 0.29) is 11.8 Å². The van der Waals surface area contributed by atoms with Crippen LogP contribution in [0.15, 0.2) is 29.6 Å². The van der Waals surface area contributed by atoms with Crippen molar-refractivity contribution in [3.05, 3.63) is 35.3 Å². The number of carbonyl (C=O) groups excluding carboxylic acids is 2. The molecule has 1 atom stereocenters. The number of carbonyl (C=O) groups is 2. The van der Waals surface area contributed by atoms with Gasteiger partial charge in [-0.15, -0.1) is 11.3 Å². The summed E-state index contributed by atoms with van der Waals surface area (Å²) in [5.74, 6) is -1.86. The second-order valence-electron chi connectivity index (χ2n) is 5.27. The summed E-state index contributed by atoms with van der Waals surface area (Å²) in [6.45, 7) is 3.90. The third kappa shape index (κ3) is 3.97. The molecule has 6 nitrogen and oxygen atoms in total. The number of Topliss-reactive ketones (excluding diaryl/α,β-unsaturated/α-hetero) is 1. The molecule has 1 unspecified atom stereocenters. The lowest BCUT2D eigenvalue weighted by atomic mass is 10.0. The van der Waals surface area contributed by atoms with Gasteiger partial charge in [-0.2, -0.15) is 5.26 Å². The van der Waals surface area contributed by atoms with Gasteiger partial charge in [-0.3, -0.25) is 9.59 Å². The van der Waals surface area contributed by atoms with E-state index in [1.807, 2.05) is 38.1 Å². The maximum atomic E-state index is 12.2. The second kappa shape index (κ2) is 7.70. The molecule has 1 amide bonds. The van der Waals surface area contributed by atoms with Gasteiger partial charge in [0.1, 0.15) is 16.5 Å². The fourth-order valence-corrected chi connectivity index (χ4v) is 2.81. The minimum absolute atomic E-state index is 0.0903. The Morgan fingerprint density at radius 2 is 1.96 bits per heavy atom. The first-order chi connectivity index (χ1) is 11.5. The van der Waals surface area contributed by atoms with Crippen LogP contribution in [0.2, 0.25) is 0 Å². The van der Waals surface area contributed by atoms with Crippen LogP contribution in [0.1, 0.15) is 24.3 Å². The third-order valence-corrected chi connectivity index (χ3v) is 4.02. The van der Waals surface area contributed by atoms with E-state index < -0.39 is 17.6 Å². The fraction of sp³-hybridized carbons (Fsp3) is 0.294. The average molecular weight is 343 g/mol. The standard InChI is InChI=1S/C17H17N3O3S/c1-10(2)23-12-6-4-11(5-7-12)17-20-14(9-24-17)15(21)13(8-18)16(22)19-3/h4-7,9-10,13H,1-3H3,(H,19,22). The SMILES string of the molecule is CNC(=O)C(C#N)C(=O)c1csc(-c2ccc(OC(C)C)cc2)n1. The van der Waals surface area contributed by atoms with Crippen molar-refractivity contribution in [1.29, 1.82) is 5.26 Å². The second-order valence-corrected chi connectivity index (χ2v) is 6.13. The molecule has 24 heavy (non-hydrogen) atoms. The van der Waals surface area contributed by atoms with Gasteiger partial charge in [0.2, 0.25) is 11.7 Å². The van der Waals surface area contributed by atoms with E-state index in [2.05, 4.69) is 10.3 Å². The van der Waals surface area contributed by atoms with Crippen molar-refractivity contribution < 1.29 is 14.3 Å². The Hall–Kier alpha value is -2.72. The number of nitrogens with zero attached hydrogens (tertiary/aromatic N) is 2. The van der Waals surface area contributed by atoms with Gasteiger partial charge in [0.25, 0.3) is 0 Å². The number of amides is 1. The fourth-order valence-electron chi connectivity index (χ4n) is 2.00. The molecular formula is C17H17N3O3S. The zero-order valence-corrected chi connectivity index (χ0v) is 14.4. The molecular weight excluding hydrogens is 326 g/mol. The van der Waals surface area contributed by atoms with Crippen LogP contribution in [-0.2, 0) is 4.79 Å². The highest BCUT2D eigenvalue weighted by Crippen LogP contribution is 2.27. The number of thiazole rings is 1. The summed E-state index contributed by atoms with van der Waals surface area (Å²) in [6, 6.07) is 9.09. The predicted molar refractivity (Wildman–Crippen MR) is 90.8 cm³/mol. The molecule has 0 bridgehead atoms. The van der Waals surface area contributed by atoms with Gasteiger partial charge in [-0.05, 0) is 38.1 Å². The summed E-state index contributed by atoms with van der Waals surface area (Å²) in [4.78, 5) is 28.1. The Morgan fingerprint density at radius 3 is 2.50 bits per heavy atom. The number of aromatic nitrogens is 1. The number of nitriles is 1. The van der Waals surface area contributed by atoms with Gasteiger partial charge in [-0.1, -0.05) is 0 Å². The molecule has 0 spiro atoms. The summed E-state index contributed by atoms with van der Waals surface area (Å²) in [6.07, 6.45) is 0.0903. The largest absolute Gasteiger partial charge is 0.491 e. The smallest absolute Gasteiger partial charge is 0.245 e. The van der Waals surface area contributed by atoms with Gasteiger partial charge < -0.3 is 10.1 Å². The van der Waals surface area contributed by atoms with Crippen LogP contribution in [0, 0.1) is 17.2 Å². The van der Waals surface area contributed by atoms with Crippen molar-refractivity contribution in [2.24, 2.45) is 5.92 Å². The van der Waals surface area contributed by atoms with E-state index in [1.165, 1.54) is 18.4 Å². The number of hydrogen-bond donors (Lipinski definition) is 1. The third-order valence-electron chi connectivity index (χ3n) is 3.13. The Bertz CT molecular complexity index is 775. The van der Waals surface area contributed by atoms with Crippen LogP contribution >= 0.6 is 11.3 Å². The van der Waals surface area contributed by atoms with Gasteiger partial charge >= 0.3 is 0 Å². The highest BCUT2D eigenvalue weighted by Gasteiger charge is 2.28. The van der Waals surface area contributed by atoms with Gasteiger partial charge in [0, 0.05) is 18.0 Å². The molecule has 0 aliphatic rings. The predicted octanol–water partition coefficient (Wildman–Crippen LogP) is 2.67. The van der Waals surface area contributed by atoms with Crippen molar-refractivity contribution in [1.82, 2.24) is 10.3 Å². The zero-order valence-electron chi connectivity index (χ0n) is 13.6. The maximum absolute atomic E-state index is 12.2. The lowest BCUT2D eigenvalue weighted by Crippen LogP contribution is -2.32. The molecule has 7 heteroatoms. The molecule has 1 N–H and O–H groups in total. The lowest BCUT2D eigenvalue weighted by Gasteiger charge is -2.09. The number of benzene rings is 1. The first-order valence-electron chi connectivity index (χ1n) is 7.34. The molecule has 1 heterocycles. The molecule has 2 aromatic rings. The molecule has 0 radical (unpaired) electrons. The van der Waals surface area contributed by atoms with Crippen LogP contribution in [0.5, 0.6) is 5.75 Å². The summed E-state index contributed by atoms with van der Waals surface area (Å²) in [7, 11) is 1.38. The molecule has 0 fully saturated rings. The van der Waals surface area contributed by atoms with E-state index >= 15 is 0 Å². The molecule has 0 saturated carbocycles. The van der Waals surface area contributed by atoms with Crippen molar-refractivity contribution in [3.8, 4) is 22.4 Å². The van der Waals surface area contributed by atoms with Gasteiger partial charge in [-0.25, -0.2) is 4.98 Å². The first kappa shape index (κ1) is 17.6. The molecule has 0 aliphatic heterocycles. The van der Waals surface area contributed by atoms with Crippen LogP contribution in [0.3, 0.4) is 0 Å². The summed E-state index contributed by atoms with van der Waals surface area (Å²) in [5.41, 5.74) is 0.955. The minimum atomic E-state index is -1.38. The van der Waals surface area contributed by atoms with Crippen molar-refractivity contribution in [2.75, 3.05) is 7.05 Å². The summed E-state index contributed by atoms with van der Waals surface area (Å²) >= 11 is 1.28. The number of hydrogen-bond acceptors (Lipinski definition) is 6. The Balaban J connectivity index is 2.20. The quantitative estimate of drug-likeness (QED) is 0.643. The topological polar surface area (TPSA) is 92.1 Å². The van der Waals surface area contributed by atoms with Crippen LogP contribution < -0.4 is 10.1 Å². The average Bonchev–Trinajstić information content (AvgIpc) is 3.05. The molecule has 1 aromatic carbocycles. The van der Waals surface area contributed by atoms with Crippen molar-refractivity contribution >= 4 is 23.0 Å². The molecule has 124 valence electrons. The first-order valence-corrected chi connectivity index (χ1v) is 8.22. The normalized spacial score (nSPS) is 11.6. The molecule has 2 rings (SSSR count). The molecule has 1 aromatic heterocycles. The van der Waals surface area contributed by atoms with Crippen LogP contribution in [-0.4, -0.2) is 29.8 Å². The number of rotatable bonds is 6. The number of ketones is 1. The number of ether oxygens (including phenoxy) is 1. The highest BCUT2D eigenvalue weighted by molar-refractivity contribution is 7.13. The van der Waals surface area contributed by atoms with Gasteiger partial charge in [0.15, 0.2) is 5.92 Å². The molecule has 0 saturated heterocycles. The Kier molecular flexibility index (Phi) is 5.66. The lowest BCUT2D eigenvalue weighted by molar-refractivity contribution is -0.121. The van der Waals surface area contributed by atoms with Gasteiger partial charge in [0.05, 0.1) is 12.2 Å². The Labute approximate surface area is 144 Å². The Morgan fingerprint density at radius 1 is 1.29 bits per heavy atom. The highest BCUT2D eigenvalue weighted by atomic mass is 32.1. The number of nitrogens with one attached hydrogen (secondary N) is 1. The van der Waals surface area contributed by atoms with Crippen molar-refractivity contribution in [2.45, 2.75) is 20.0 Å². The van der Waals surface area contributed by atoms with E-state index in [1.54, 1.807) is 11.4 Å². The monoisotopic (exact) mass is 343 g/mol. The van der Waals surface area contributed by atoms with E-state index in [0.29, 0.717) is 5.01 Å². The molecule has 0 aliphatic carbocycles. The summed E-state index contributed by atoms with van der Waals surface area (Å²) < 4.78 is 5.58. The zero-order chi connectivity index (χ0) is 17.7. The van der Waals surface area contributed by atoms with E-state index in [9.17, 15) is 9.59 Å².